The molecule has 0 radical (unpaired) electrons. The number of nitrogen functional groups attached to an aromatic ring is 1. The molecule has 0 unspecified atom stereocenters. The van der Waals surface area contributed by atoms with Crippen LogP contribution in [0.15, 0.2) is 42.9 Å². The third-order valence-corrected chi connectivity index (χ3v) is 1.72. The third kappa shape index (κ3) is 1.98. The van der Waals surface area contributed by atoms with Crippen LogP contribution in [0.4, 0.5) is 17.2 Å². The molecule has 0 bridgehead atoms. The molecule has 0 saturated carbocycles. The second kappa shape index (κ2) is 3.74. The van der Waals surface area contributed by atoms with Crippen LogP contribution in [0.5, 0.6) is 0 Å². The quantitative estimate of drug-likeness (QED) is 0.750. The number of nitrogens with zero attached hydrogens (tertiary/aromatic N) is 2. The van der Waals surface area contributed by atoms with Crippen molar-refractivity contribution >= 4 is 17.2 Å². The smallest absolute Gasteiger partial charge is 0.132 e. The molecule has 4 heteroatoms. The molecule has 0 aromatic carbocycles. The summed E-state index contributed by atoms with van der Waals surface area (Å²) in [5.41, 5.74) is 7.20. The van der Waals surface area contributed by atoms with Gasteiger partial charge in [-0.25, -0.2) is 4.98 Å². The Hall–Kier alpha value is -2.10. The van der Waals surface area contributed by atoms with E-state index in [1.54, 1.807) is 30.7 Å². The van der Waals surface area contributed by atoms with Gasteiger partial charge >= 0.3 is 0 Å². The van der Waals surface area contributed by atoms with Crippen molar-refractivity contribution in [1.82, 2.24) is 9.97 Å². The van der Waals surface area contributed by atoms with Crippen LogP contribution in [0.2, 0.25) is 0 Å². The minimum atomic E-state index is 0.686. The van der Waals surface area contributed by atoms with Crippen molar-refractivity contribution in [3.63, 3.8) is 0 Å². The summed E-state index contributed by atoms with van der Waals surface area (Å²) < 4.78 is 0. The SMILES string of the molecule is Nc1ccnc(Nc2cccnc2)c1. The van der Waals surface area contributed by atoms with E-state index in [0.29, 0.717) is 5.69 Å². The zero-order valence-electron chi connectivity index (χ0n) is 7.51. The van der Waals surface area contributed by atoms with Gasteiger partial charge in [-0.2, -0.15) is 0 Å². The maximum Gasteiger partial charge on any atom is 0.132 e. The van der Waals surface area contributed by atoms with Crippen LogP contribution in [-0.2, 0) is 0 Å². The maximum absolute atomic E-state index is 5.62. The van der Waals surface area contributed by atoms with Crippen LogP contribution in [0, 0.1) is 0 Å². The second-order valence-corrected chi connectivity index (χ2v) is 2.84. The van der Waals surface area contributed by atoms with E-state index in [1.807, 2.05) is 12.1 Å². The Morgan fingerprint density at radius 3 is 2.86 bits per heavy atom. The van der Waals surface area contributed by atoms with Crippen molar-refractivity contribution < 1.29 is 0 Å². The summed E-state index contributed by atoms with van der Waals surface area (Å²) in [6.07, 6.45) is 5.11. The van der Waals surface area contributed by atoms with E-state index in [2.05, 4.69) is 15.3 Å². The molecule has 0 fully saturated rings. The highest BCUT2D eigenvalue weighted by Crippen LogP contribution is 2.14. The van der Waals surface area contributed by atoms with Crippen molar-refractivity contribution in [3.05, 3.63) is 42.9 Å². The molecular formula is C10H10N4. The molecule has 2 rings (SSSR count). The van der Waals surface area contributed by atoms with E-state index in [9.17, 15) is 0 Å². The zero-order chi connectivity index (χ0) is 9.80. The minimum Gasteiger partial charge on any atom is -0.399 e. The first-order valence-corrected chi connectivity index (χ1v) is 4.23. The van der Waals surface area contributed by atoms with E-state index in [4.69, 9.17) is 5.73 Å². The van der Waals surface area contributed by atoms with Gasteiger partial charge in [0.05, 0.1) is 11.9 Å². The fraction of sp³-hybridized carbons (Fsp3) is 0. The summed E-state index contributed by atoms with van der Waals surface area (Å²) in [5, 5.41) is 3.09. The Morgan fingerprint density at radius 1 is 1.21 bits per heavy atom. The topological polar surface area (TPSA) is 63.8 Å². The standard InChI is InChI=1S/C10H10N4/c11-8-3-5-13-10(6-8)14-9-2-1-4-12-7-9/h1-7H,(H3,11,13,14). The predicted molar refractivity (Wildman–Crippen MR) is 56.2 cm³/mol. The third-order valence-electron chi connectivity index (χ3n) is 1.72. The summed E-state index contributed by atoms with van der Waals surface area (Å²) in [5.74, 6) is 0.720. The second-order valence-electron chi connectivity index (χ2n) is 2.84. The first-order chi connectivity index (χ1) is 6.84. The summed E-state index contributed by atoms with van der Waals surface area (Å²) in [6, 6.07) is 7.29. The Morgan fingerprint density at radius 2 is 2.14 bits per heavy atom. The minimum absolute atomic E-state index is 0.686. The van der Waals surface area contributed by atoms with Crippen molar-refractivity contribution in [2.24, 2.45) is 0 Å². The van der Waals surface area contributed by atoms with Crippen molar-refractivity contribution in [1.29, 1.82) is 0 Å². The van der Waals surface area contributed by atoms with Crippen LogP contribution in [0.25, 0.3) is 0 Å². The number of pyridine rings is 2. The van der Waals surface area contributed by atoms with Gasteiger partial charge in [0.2, 0.25) is 0 Å². The van der Waals surface area contributed by atoms with Gasteiger partial charge < -0.3 is 11.1 Å². The van der Waals surface area contributed by atoms with Crippen molar-refractivity contribution in [2.75, 3.05) is 11.1 Å². The summed E-state index contributed by atoms with van der Waals surface area (Å²) in [7, 11) is 0. The molecule has 2 heterocycles. The van der Waals surface area contributed by atoms with Gasteiger partial charge in [0.1, 0.15) is 5.82 Å². The number of hydrogen-bond donors (Lipinski definition) is 2. The summed E-state index contributed by atoms with van der Waals surface area (Å²) in [4.78, 5) is 8.10. The van der Waals surface area contributed by atoms with Gasteiger partial charge in [-0.1, -0.05) is 0 Å². The van der Waals surface area contributed by atoms with E-state index in [0.717, 1.165) is 11.5 Å². The Kier molecular flexibility index (Phi) is 2.27. The normalized spacial score (nSPS) is 9.71. The molecule has 0 aliphatic heterocycles. The molecular weight excluding hydrogens is 176 g/mol. The number of nitrogens with two attached hydrogens (primary N) is 1. The van der Waals surface area contributed by atoms with E-state index in [-0.39, 0.29) is 0 Å². The van der Waals surface area contributed by atoms with Gasteiger partial charge in [0.25, 0.3) is 0 Å². The number of rotatable bonds is 2. The predicted octanol–water partition coefficient (Wildman–Crippen LogP) is 1.80. The number of nitrogens with one attached hydrogen (secondary N) is 1. The summed E-state index contributed by atoms with van der Waals surface area (Å²) in [6.45, 7) is 0. The Bertz CT molecular complexity index is 413. The van der Waals surface area contributed by atoms with E-state index < -0.39 is 0 Å². The highest BCUT2D eigenvalue weighted by atomic mass is 15.0. The van der Waals surface area contributed by atoms with Gasteiger partial charge in [0.15, 0.2) is 0 Å². The molecule has 70 valence electrons. The van der Waals surface area contributed by atoms with E-state index >= 15 is 0 Å². The zero-order valence-corrected chi connectivity index (χ0v) is 7.51. The highest BCUT2D eigenvalue weighted by Gasteiger charge is 1.94. The van der Waals surface area contributed by atoms with Crippen LogP contribution in [-0.4, -0.2) is 9.97 Å². The lowest BCUT2D eigenvalue weighted by Crippen LogP contribution is -1.94. The summed E-state index contributed by atoms with van der Waals surface area (Å²) >= 11 is 0. The van der Waals surface area contributed by atoms with Gasteiger partial charge in [0, 0.05) is 24.1 Å². The van der Waals surface area contributed by atoms with Gasteiger partial charge in [-0.15, -0.1) is 0 Å². The monoisotopic (exact) mass is 186 g/mol. The van der Waals surface area contributed by atoms with Crippen LogP contribution >= 0.6 is 0 Å². The number of hydrogen-bond acceptors (Lipinski definition) is 4. The molecule has 0 atom stereocenters. The lowest BCUT2D eigenvalue weighted by Gasteiger charge is -2.04. The fourth-order valence-corrected chi connectivity index (χ4v) is 1.10. The van der Waals surface area contributed by atoms with Crippen LogP contribution in [0.1, 0.15) is 0 Å². The largest absolute Gasteiger partial charge is 0.399 e. The molecule has 0 spiro atoms. The first kappa shape index (κ1) is 8.50. The van der Waals surface area contributed by atoms with Gasteiger partial charge in [-0.05, 0) is 18.2 Å². The Balaban J connectivity index is 2.19. The van der Waals surface area contributed by atoms with Gasteiger partial charge in [-0.3, -0.25) is 4.98 Å². The lowest BCUT2D eigenvalue weighted by molar-refractivity contribution is 1.28. The molecule has 14 heavy (non-hydrogen) atoms. The molecule has 0 aliphatic carbocycles. The van der Waals surface area contributed by atoms with Crippen molar-refractivity contribution in [2.45, 2.75) is 0 Å². The fourth-order valence-electron chi connectivity index (χ4n) is 1.10. The van der Waals surface area contributed by atoms with Crippen LogP contribution < -0.4 is 11.1 Å². The molecule has 2 aromatic rings. The van der Waals surface area contributed by atoms with E-state index in [1.165, 1.54) is 0 Å². The number of anilines is 3. The molecule has 3 N–H and O–H groups in total. The average molecular weight is 186 g/mol. The maximum atomic E-state index is 5.62. The molecule has 4 nitrogen and oxygen atoms in total. The lowest BCUT2D eigenvalue weighted by atomic mass is 10.3. The van der Waals surface area contributed by atoms with Crippen molar-refractivity contribution in [3.8, 4) is 0 Å². The number of aromatic nitrogens is 2. The molecule has 0 saturated heterocycles. The molecule has 2 aromatic heterocycles. The molecule has 0 aliphatic rings. The Labute approximate surface area is 81.8 Å². The average Bonchev–Trinajstić information content (AvgIpc) is 2.19. The molecule has 0 amide bonds. The first-order valence-electron chi connectivity index (χ1n) is 4.23. The highest BCUT2D eigenvalue weighted by molar-refractivity contribution is 5.58. The van der Waals surface area contributed by atoms with Crippen LogP contribution in [0.3, 0.4) is 0 Å².